The molecule has 110 valence electrons. The summed E-state index contributed by atoms with van der Waals surface area (Å²) in [5.74, 6) is 3.85. The molecule has 1 heterocycles. The molecular formula is C16H25N3O. The molecule has 3 rings (SSSR count). The zero-order chi connectivity index (χ0) is 14.1. The molecular weight excluding hydrogens is 250 g/mol. The monoisotopic (exact) mass is 275 g/mol. The molecule has 1 aromatic heterocycles. The molecule has 2 unspecified atom stereocenters. The summed E-state index contributed by atoms with van der Waals surface area (Å²) < 4.78 is 6.27. The van der Waals surface area contributed by atoms with Crippen LogP contribution in [0.15, 0.2) is 0 Å². The Morgan fingerprint density at radius 3 is 2.50 bits per heavy atom. The lowest BCUT2D eigenvalue weighted by molar-refractivity contribution is 0.0964. The fraction of sp³-hybridized carbons (Fsp3) is 0.750. The molecule has 1 aromatic rings. The van der Waals surface area contributed by atoms with E-state index in [2.05, 4.69) is 17.2 Å². The average Bonchev–Trinajstić information content (AvgIpc) is 3.28. The van der Waals surface area contributed by atoms with Gasteiger partial charge >= 0.3 is 0 Å². The summed E-state index contributed by atoms with van der Waals surface area (Å²) in [5, 5.41) is 3.18. The maximum Gasteiger partial charge on any atom is 0.222 e. The van der Waals surface area contributed by atoms with Gasteiger partial charge in [0.1, 0.15) is 17.7 Å². The molecule has 4 heteroatoms. The molecule has 0 aliphatic heterocycles. The van der Waals surface area contributed by atoms with Crippen LogP contribution in [0.25, 0.3) is 0 Å². The second-order valence-corrected chi connectivity index (χ2v) is 6.30. The van der Waals surface area contributed by atoms with Crippen LogP contribution in [0.1, 0.15) is 62.8 Å². The molecule has 2 fully saturated rings. The largest absolute Gasteiger partial charge is 0.474 e. The number of aromatic nitrogens is 2. The van der Waals surface area contributed by atoms with Crippen molar-refractivity contribution in [3.8, 4) is 5.88 Å². The SMILES string of the molecule is CNc1nc(C2CC2)nc(OC2CCCCC2C)c1C. The van der Waals surface area contributed by atoms with E-state index >= 15 is 0 Å². The van der Waals surface area contributed by atoms with Crippen LogP contribution in [0.2, 0.25) is 0 Å². The predicted molar refractivity (Wildman–Crippen MR) is 80.3 cm³/mol. The zero-order valence-electron chi connectivity index (χ0n) is 12.8. The van der Waals surface area contributed by atoms with Gasteiger partial charge in [-0.05, 0) is 44.9 Å². The van der Waals surface area contributed by atoms with Crippen molar-refractivity contribution in [2.45, 2.75) is 64.4 Å². The third-order valence-electron chi connectivity index (χ3n) is 4.59. The Balaban J connectivity index is 1.85. The Kier molecular flexibility index (Phi) is 3.81. The van der Waals surface area contributed by atoms with Crippen LogP contribution in [0, 0.1) is 12.8 Å². The predicted octanol–water partition coefficient (Wildman–Crippen LogP) is 3.66. The summed E-state index contributed by atoms with van der Waals surface area (Å²) in [7, 11) is 1.92. The highest BCUT2D eigenvalue weighted by Crippen LogP contribution is 2.40. The van der Waals surface area contributed by atoms with Gasteiger partial charge < -0.3 is 10.1 Å². The Bertz CT molecular complexity index is 485. The van der Waals surface area contributed by atoms with Gasteiger partial charge in [0.25, 0.3) is 0 Å². The highest BCUT2D eigenvalue weighted by Gasteiger charge is 2.30. The molecule has 2 aliphatic carbocycles. The maximum absolute atomic E-state index is 6.27. The third-order valence-corrected chi connectivity index (χ3v) is 4.59. The molecule has 0 aromatic carbocycles. The lowest BCUT2D eigenvalue weighted by atomic mass is 9.88. The van der Waals surface area contributed by atoms with Crippen molar-refractivity contribution in [2.75, 3.05) is 12.4 Å². The van der Waals surface area contributed by atoms with Crippen molar-refractivity contribution in [1.82, 2.24) is 9.97 Å². The van der Waals surface area contributed by atoms with Crippen LogP contribution < -0.4 is 10.1 Å². The van der Waals surface area contributed by atoms with Crippen LogP contribution in [-0.2, 0) is 0 Å². The molecule has 20 heavy (non-hydrogen) atoms. The Hall–Kier alpha value is -1.32. The Morgan fingerprint density at radius 1 is 1.10 bits per heavy atom. The molecule has 0 radical (unpaired) electrons. The zero-order valence-corrected chi connectivity index (χ0v) is 12.8. The summed E-state index contributed by atoms with van der Waals surface area (Å²) in [4.78, 5) is 9.32. The number of hydrogen-bond acceptors (Lipinski definition) is 4. The number of nitrogens with zero attached hydrogens (tertiary/aromatic N) is 2. The van der Waals surface area contributed by atoms with Crippen LogP contribution >= 0.6 is 0 Å². The molecule has 0 amide bonds. The molecule has 2 atom stereocenters. The molecule has 0 saturated heterocycles. The van der Waals surface area contributed by atoms with Gasteiger partial charge in [0.2, 0.25) is 5.88 Å². The van der Waals surface area contributed by atoms with Gasteiger partial charge in [-0.3, -0.25) is 0 Å². The third kappa shape index (κ3) is 2.74. The summed E-state index contributed by atoms with van der Waals surface area (Å²) in [6.45, 7) is 4.34. The van der Waals surface area contributed by atoms with Crippen molar-refractivity contribution in [3.05, 3.63) is 11.4 Å². The fourth-order valence-corrected chi connectivity index (χ4v) is 3.00. The molecule has 4 nitrogen and oxygen atoms in total. The second-order valence-electron chi connectivity index (χ2n) is 6.30. The summed E-state index contributed by atoms with van der Waals surface area (Å²) in [6, 6.07) is 0. The fourth-order valence-electron chi connectivity index (χ4n) is 3.00. The minimum atomic E-state index is 0.314. The molecule has 2 saturated carbocycles. The topological polar surface area (TPSA) is 47.0 Å². The van der Waals surface area contributed by atoms with Gasteiger partial charge in [-0.1, -0.05) is 13.3 Å². The highest BCUT2D eigenvalue weighted by atomic mass is 16.5. The second kappa shape index (κ2) is 5.58. The van der Waals surface area contributed by atoms with Crippen molar-refractivity contribution < 1.29 is 4.74 Å². The smallest absolute Gasteiger partial charge is 0.222 e. The first-order valence-corrected chi connectivity index (χ1v) is 7.92. The van der Waals surface area contributed by atoms with E-state index < -0.39 is 0 Å². The minimum Gasteiger partial charge on any atom is -0.474 e. The van der Waals surface area contributed by atoms with Gasteiger partial charge in [0.15, 0.2) is 0 Å². The number of nitrogens with one attached hydrogen (secondary N) is 1. The average molecular weight is 275 g/mol. The number of hydrogen-bond donors (Lipinski definition) is 1. The van der Waals surface area contributed by atoms with Gasteiger partial charge in [0, 0.05) is 13.0 Å². The maximum atomic E-state index is 6.27. The quantitative estimate of drug-likeness (QED) is 0.911. The lowest BCUT2D eigenvalue weighted by Gasteiger charge is -2.29. The van der Waals surface area contributed by atoms with Gasteiger partial charge in [-0.15, -0.1) is 0 Å². The highest BCUT2D eigenvalue weighted by molar-refractivity contribution is 5.48. The lowest BCUT2D eigenvalue weighted by Crippen LogP contribution is -2.29. The van der Waals surface area contributed by atoms with Crippen LogP contribution in [0.5, 0.6) is 5.88 Å². The van der Waals surface area contributed by atoms with E-state index in [1.54, 1.807) is 0 Å². The van der Waals surface area contributed by atoms with Gasteiger partial charge in [-0.2, -0.15) is 4.98 Å². The number of rotatable bonds is 4. The van der Waals surface area contributed by atoms with E-state index in [4.69, 9.17) is 9.72 Å². The summed E-state index contributed by atoms with van der Waals surface area (Å²) in [6.07, 6.45) is 7.76. The first kappa shape index (κ1) is 13.7. The van der Waals surface area contributed by atoms with E-state index in [1.165, 1.54) is 32.1 Å². The van der Waals surface area contributed by atoms with E-state index in [9.17, 15) is 0 Å². The van der Waals surface area contributed by atoms with Crippen LogP contribution in [0.3, 0.4) is 0 Å². The molecule has 2 aliphatic rings. The first-order chi connectivity index (χ1) is 9.69. The summed E-state index contributed by atoms with van der Waals surface area (Å²) in [5.41, 5.74) is 1.04. The molecule has 0 bridgehead atoms. The van der Waals surface area contributed by atoms with Gasteiger partial charge in [0.05, 0.1) is 5.56 Å². The van der Waals surface area contributed by atoms with E-state index in [0.717, 1.165) is 29.5 Å². The van der Waals surface area contributed by atoms with Crippen molar-refractivity contribution >= 4 is 5.82 Å². The van der Waals surface area contributed by atoms with Crippen molar-refractivity contribution in [2.24, 2.45) is 5.92 Å². The van der Waals surface area contributed by atoms with E-state index in [1.807, 2.05) is 14.0 Å². The Labute approximate surface area is 121 Å². The molecule has 1 N–H and O–H groups in total. The minimum absolute atomic E-state index is 0.314. The normalized spacial score (nSPS) is 26.4. The number of ether oxygens (including phenoxy) is 1. The van der Waals surface area contributed by atoms with E-state index in [0.29, 0.717) is 17.9 Å². The van der Waals surface area contributed by atoms with E-state index in [-0.39, 0.29) is 0 Å². The van der Waals surface area contributed by atoms with Crippen molar-refractivity contribution in [3.63, 3.8) is 0 Å². The van der Waals surface area contributed by atoms with Crippen LogP contribution in [-0.4, -0.2) is 23.1 Å². The van der Waals surface area contributed by atoms with Crippen molar-refractivity contribution in [1.29, 1.82) is 0 Å². The standard InChI is InChI=1S/C16H25N3O/c1-10-6-4-5-7-13(10)20-16-11(2)14(17-3)18-15(19-16)12-8-9-12/h10,12-13H,4-9H2,1-3H3,(H,17,18,19). The Morgan fingerprint density at radius 2 is 1.85 bits per heavy atom. The first-order valence-electron chi connectivity index (χ1n) is 7.92. The van der Waals surface area contributed by atoms with Gasteiger partial charge in [-0.25, -0.2) is 4.98 Å². The molecule has 0 spiro atoms. The number of anilines is 1. The van der Waals surface area contributed by atoms with Crippen LogP contribution in [0.4, 0.5) is 5.82 Å². The summed E-state index contributed by atoms with van der Waals surface area (Å²) >= 11 is 0.